The van der Waals surface area contributed by atoms with Gasteiger partial charge in [-0.1, -0.05) is 31.2 Å². The summed E-state index contributed by atoms with van der Waals surface area (Å²) in [6, 6.07) is 8.75. The zero-order valence-corrected chi connectivity index (χ0v) is 15.0. The van der Waals surface area contributed by atoms with Crippen LogP contribution >= 0.6 is 0 Å². The van der Waals surface area contributed by atoms with Crippen molar-refractivity contribution in [2.24, 2.45) is 11.8 Å². The van der Waals surface area contributed by atoms with Crippen LogP contribution in [0.3, 0.4) is 0 Å². The van der Waals surface area contributed by atoms with Gasteiger partial charge in [0.1, 0.15) is 0 Å². The highest BCUT2D eigenvalue weighted by Gasteiger charge is 2.37. The molecule has 0 amide bonds. The van der Waals surface area contributed by atoms with Crippen molar-refractivity contribution in [3.8, 4) is 0 Å². The summed E-state index contributed by atoms with van der Waals surface area (Å²) < 4.78 is 0. The Balaban J connectivity index is 1.36. The molecule has 3 unspecified atom stereocenters. The lowest BCUT2D eigenvalue weighted by Crippen LogP contribution is -2.48. The maximum Gasteiger partial charge on any atom is 0.0951 e. The molecule has 3 aliphatic rings. The lowest BCUT2D eigenvalue weighted by atomic mass is 9.93. The Kier molecular flexibility index (Phi) is 4.93. The molecule has 0 saturated carbocycles. The van der Waals surface area contributed by atoms with Gasteiger partial charge >= 0.3 is 0 Å². The fourth-order valence-corrected chi connectivity index (χ4v) is 5.04. The highest BCUT2D eigenvalue weighted by atomic mass is 16.3. The van der Waals surface area contributed by atoms with Crippen LogP contribution in [0.4, 0.5) is 0 Å². The number of rotatable bonds is 3. The van der Waals surface area contributed by atoms with E-state index in [2.05, 4.69) is 41.0 Å². The Morgan fingerprint density at radius 1 is 1.08 bits per heavy atom. The van der Waals surface area contributed by atoms with Gasteiger partial charge in [-0.2, -0.15) is 0 Å². The van der Waals surface area contributed by atoms with E-state index in [-0.39, 0.29) is 6.10 Å². The van der Waals surface area contributed by atoms with E-state index in [4.69, 9.17) is 0 Å². The summed E-state index contributed by atoms with van der Waals surface area (Å²) in [7, 11) is 0. The van der Waals surface area contributed by atoms with Crippen molar-refractivity contribution in [1.29, 1.82) is 0 Å². The molecule has 1 N–H and O–H groups in total. The molecule has 1 aliphatic carbocycles. The number of benzene rings is 1. The van der Waals surface area contributed by atoms with Crippen LogP contribution in [-0.4, -0.2) is 53.7 Å². The van der Waals surface area contributed by atoms with Crippen molar-refractivity contribution in [2.75, 3.05) is 32.7 Å². The van der Waals surface area contributed by atoms with Crippen molar-refractivity contribution < 1.29 is 5.11 Å². The number of aliphatic hydroxyl groups excluding tert-OH is 1. The van der Waals surface area contributed by atoms with Crippen LogP contribution in [0.1, 0.15) is 49.8 Å². The van der Waals surface area contributed by atoms with Crippen molar-refractivity contribution in [3.05, 3.63) is 35.4 Å². The average Bonchev–Trinajstić information content (AvgIpc) is 2.95. The second kappa shape index (κ2) is 7.15. The lowest BCUT2D eigenvalue weighted by Gasteiger charge is -2.40. The van der Waals surface area contributed by atoms with Gasteiger partial charge in [-0.25, -0.2) is 0 Å². The minimum absolute atomic E-state index is 0.296. The van der Waals surface area contributed by atoms with Crippen molar-refractivity contribution in [2.45, 2.75) is 51.2 Å². The number of hydrogen-bond donors (Lipinski definition) is 1. The summed E-state index contributed by atoms with van der Waals surface area (Å²) in [4.78, 5) is 5.28. The first-order chi connectivity index (χ1) is 11.7. The molecule has 2 heterocycles. The Morgan fingerprint density at radius 2 is 1.88 bits per heavy atom. The molecule has 3 heteroatoms. The molecule has 132 valence electrons. The first-order valence-electron chi connectivity index (χ1n) is 9.93. The Hall–Kier alpha value is -0.900. The zero-order valence-electron chi connectivity index (χ0n) is 15.0. The Labute approximate surface area is 146 Å². The van der Waals surface area contributed by atoms with Gasteiger partial charge < -0.3 is 10.0 Å². The van der Waals surface area contributed by atoms with Crippen LogP contribution < -0.4 is 0 Å². The second-order valence-electron chi connectivity index (χ2n) is 8.40. The number of aliphatic hydroxyl groups is 1. The summed E-state index contributed by atoms with van der Waals surface area (Å²) in [5.74, 6) is 1.69. The van der Waals surface area contributed by atoms with E-state index in [9.17, 15) is 5.11 Å². The normalized spacial score (nSPS) is 32.8. The molecule has 0 bridgehead atoms. The largest absolute Gasteiger partial charge is 0.387 e. The first-order valence-corrected chi connectivity index (χ1v) is 9.93. The van der Waals surface area contributed by atoms with Gasteiger partial charge in [-0.05, 0) is 74.7 Å². The Bertz CT molecular complexity index is 553. The van der Waals surface area contributed by atoms with Gasteiger partial charge in [0, 0.05) is 19.1 Å². The summed E-state index contributed by atoms with van der Waals surface area (Å²) in [6.07, 6.45) is 6.11. The molecule has 2 fully saturated rings. The van der Waals surface area contributed by atoms with Gasteiger partial charge in [0.05, 0.1) is 6.10 Å². The van der Waals surface area contributed by atoms with Crippen LogP contribution in [0.2, 0.25) is 0 Å². The van der Waals surface area contributed by atoms with Crippen molar-refractivity contribution in [1.82, 2.24) is 9.80 Å². The Morgan fingerprint density at radius 3 is 2.67 bits per heavy atom. The molecule has 3 nitrogen and oxygen atoms in total. The summed E-state index contributed by atoms with van der Waals surface area (Å²) >= 11 is 0. The average molecular weight is 329 g/mol. The maximum absolute atomic E-state index is 10.8. The van der Waals surface area contributed by atoms with Crippen LogP contribution in [0.5, 0.6) is 0 Å². The number of nitrogens with zero attached hydrogens (tertiary/aromatic N) is 2. The van der Waals surface area contributed by atoms with E-state index >= 15 is 0 Å². The van der Waals surface area contributed by atoms with Gasteiger partial charge in [0.25, 0.3) is 0 Å². The van der Waals surface area contributed by atoms with Gasteiger partial charge in [-0.3, -0.25) is 4.90 Å². The van der Waals surface area contributed by atoms with E-state index in [0.717, 1.165) is 30.4 Å². The fourth-order valence-electron chi connectivity index (χ4n) is 5.04. The van der Waals surface area contributed by atoms with Crippen LogP contribution in [0, 0.1) is 11.8 Å². The molecule has 4 rings (SSSR count). The van der Waals surface area contributed by atoms with Crippen molar-refractivity contribution >= 4 is 0 Å². The molecule has 1 aromatic rings. The van der Waals surface area contributed by atoms with Gasteiger partial charge in [-0.15, -0.1) is 0 Å². The second-order valence-corrected chi connectivity index (χ2v) is 8.40. The highest BCUT2D eigenvalue weighted by Crippen LogP contribution is 2.36. The molecule has 0 spiro atoms. The van der Waals surface area contributed by atoms with Crippen molar-refractivity contribution in [3.63, 3.8) is 0 Å². The number of piperidine rings is 2. The SMILES string of the molecule is CC1CCN(CC2CCCN(C3Cc4ccccc4C3O)C2)CC1. The van der Waals surface area contributed by atoms with E-state index in [0.29, 0.717) is 6.04 Å². The monoisotopic (exact) mass is 328 g/mol. The number of hydrogen-bond acceptors (Lipinski definition) is 3. The quantitative estimate of drug-likeness (QED) is 0.924. The highest BCUT2D eigenvalue weighted by molar-refractivity contribution is 5.35. The molecule has 24 heavy (non-hydrogen) atoms. The predicted octanol–water partition coefficient (Wildman–Crippen LogP) is 3.09. The van der Waals surface area contributed by atoms with E-state index in [1.54, 1.807) is 0 Å². The molecule has 1 aromatic carbocycles. The summed E-state index contributed by atoms with van der Waals surface area (Å²) in [6.45, 7) is 8.55. The van der Waals surface area contributed by atoms with Crippen LogP contribution in [-0.2, 0) is 6.42 Å². The first kappa shape index (κ1) is 16.6. The van der Waals surface area contributed by atoms with E-state index in [1.165, 1.54) is 57.4 Å². The van der Waals surface area contributed by atoms with Crippen LogP contribution in [0.25, 0.3) is 0 Å². The third-order valence-electron chi connectivity index (χ3n) is 6.58. The standard InChI is InChI=1S/C21H32N2O/c1-16-8-11-22(12-9-16)14-17-5-4-10-23(15-17)20-13-18-6-2-3-7-19(18)21(20)24/h2-3,6-7,16-17,20-21,24H,4-5,8-15H2,1H3. The third kappa shape index (κ3) is 3.40. The molecule has 0 aromatic heterocycles. The molecular formula is C21H32N2O. The molecule has 2 aliphatic heterocycles. The topological polar surface area (TPSA) is 26.7 Å². The summed E-state index contributed by atoms with van der Waals surface area (Å²) in [5, 5.41) is 10.8. The number of fused-ring (bicyclic) bond motifs is 1. The van der Waals surface area contributed by atoms with Crippen LogP contribution in [0.15, 0.2) is 24.3 Å². The fraction of sp³-hybridized carbons (Fsp3) is 0.714. The maximum atomic E-state index is 10.8. The minimum atomic E-state index is -0.296. The lowest BCUT2D eigenvalue weighted by molar-refractivity contribution is 0.0254. The third-order valence-corrected chi connectivity index (χ3v) is 6.58. The van der Waals surface area contributed by atoms with Gasteiger partial charge in [0.2, 0.25) is 0 Å². The van der Waals surface area contributed by atoms with Gasteiger partial charge in [0.15, 0.2) is 0 Å². The molecule has 0 radical (unpaired) electrons. The minimum Gasteiger partial charge on any atom is -0.387 e. The summed E-state index contributed by atoms with van der Waals surface area (Å²) in [5.41, 5.74) is 2.51. The molecule has 3 atom stereocenters. The smallest absolute Gasteiger partial charge is 0.0951 e. The van der Waals surface area contributed by atoms with E-state index in [1.807, 2.05) is 0 Å². The predicted molar refractivity (Wildman–Crippen MR) is 98.0 cm³/mol. The molecule has 2 saturated heterocycles. The zero-order chi connectivity index (χ0) is 16.5. The number of likely N-dealkylation sites (tertiary alicyclic amines) is 2. The van der Waals surface area contributed by atoms with E-state index < -0.39 is 0 Å². The molecular weight excluding hydrogens is 296 g/mol.